The first-order valence-electron chi connectivity index (χ1n) is 7.53. The fourth-order valence-corrected chi connectivity index (χ4v) is 2.56. The summed E-state index contributed by atoms with van der Waals surface area (Å²) < 4.78 is 0. The van der Waals surface area contributed by atoms with E-state index >= 15 is 0 Å². The summed E-state index contributed by atoms with van der Waals surface area (Å²) in [5.41, 5.74) is 0.841. The molecule has 0 aromatic carbocycles. The molecule has 0 saturated heterocycles. The molecule has 0 aliphatic rings. The summed E-state index contributed by atoms with van der Waals surface area (Å²) in [5.74, 6) is 1.75. The van der Waals surface area contributed by atoms with E-state index in [1.165, 1.54) is 0 Å². The zero-order valence-electron chi connectivity index (χ0n) is 14.7. The number of halogens is 1. The fraction of sp³-hybridized carbons (Fsp3) is 0.750. The summed E-state index contributed by atoms with van der Waals surface area (Å²) in [4.78, 5) is 13.8. The second-order valence-corrected chi connectivity index (χ2v) is 7.29. The molecule has 1 heterocycles. The number of aromatic nitrogens is 2. The summed E-state index contributed by atoms with van der Waals surface area (Å²) in [6.45, 7) is 14.6. The van der Waals surface area contributed by atoms with Gasteiger partial charge in [-0.15, -0.1) is 0 Å². The van der Waals surface area contributed by atoms with Crippen molar-refractivity contribution in [2.24, 2.45) is 0 Å². The van der Waals surface area contributed by atoms with Crippen LogP contribution in [-0.2, 0) is 5.41 Å². The van der Waals surface area contributed by atoms with Gasteiger partial charge in [0, 0.05) is 30.1 Å². The Labute approximate surface area is 134 Å². The fourth-order valence-electron chi connectivity index (χ4n) is 2.39. The minimum absolute atomic E-state index is 0.115. The van der Waals surface area contributed by atoms with Gasteiger partial charge in [-0.1, -0.05) is 32.4 Å². The number of rotatable bonds is 5. The van der Waals surface area contributed by atoms with Crippen LogP contribution in [0, 0.1) is 6.92 Å². The van der Waals surface area contributed by atoms with Gasteiger partial charge in [0.2, 0.25) is 0 Å². The lowest BCUT2D eigenvalue weighted by Gasteiger charge is -2.33. The average Bonchev–Trinajstić information content (AvgIpc) is 2.32. The summed E-state index contributed by atoms with van der Waals surface area (Å²) in [6.07, 6.45) is 0. The molecular formula is C16H29ClN4. The second kappa shape index (κ2) is 6.93. The largest absolute Gasteiger partial charge is 0.353 e. The Balaban J connectivity index is 3.28. The molecule has 0 N–H and O–H groups in total. The standard InChI is InChI=1S/C16H29ClN4/c1-9-21(11(2)10-20(7)8)14-12(3)13(17)18-15(19-14)16(4,5)6/h11H,9-10H2,1-8H3. The Kier molecular flexibility index (Phi) is 6.00. The molecule has 0 radical (unpaired) electrons. The Morgan fingerprint density at radius 1 is 1.19 bits per heavy atom. The van der Waals surface area contributed by atoms with Gasteiger partial charge in [-0.05, 0) is 34.9 Å². The van der Waals surface area contributed by atoms with Gasteiger partial charge in [0.15, 0.2) is 0 Å². The molecule has 0 saturated carbocycles. The third kappa shape index (κ3) is 4.55. The zero-order valence-corrected chi connectivity index (χ0v) is 15.4. The van der Waals surface area contributed by atoms with Crippen molar-refractivity contribution in [1.82, 2.24) is 14.9 Å². The van der Waals surface area contributed by atoms with Crippen molar-refractivity contribution < 1.29 is 0 Å². The number of likely N-dealkylation sites (N-methyl/N-ethyl adjacent to an activating group) is 2. The predicted octanol–water partition coefficient (Wildman–Crippen LogP) is 3.51. The van der Waals surface area contributed by atoms with Crippen LogP contribution in [0.15, 0.2) is 0 Å². The number of anilines is 1. The summed E-state index contributed by atoms with van der Waals surface area (Å²) >= 11 is 6.35. The highest BCUT2D eigenvalue weighted by Crippen LogP contribution is 2.29. The van der Waals surface area contributed by atoms with E-state index in [0.29, 0.717) is 11.2 Å². The van der Waals surface area contributed by atoms with E-state index < -0.39 is 0 Å². The Hall–Kier alpha value is -0.870. The maximum Gasteiger partial charge on any atom is 0.137 e. The minimum atomic E-state index is -0.115. The Bertz CT molecular complexity index is 480. The lowest BCUT2D eigenvalue weighted by atomic mass is 9.95. The maximum atomic E-state index is 6.35. The van der Waals surface area contributed by atoms with Crippen molar-refractivity contribution in [3.63, 3.8) is 0 Å². The van der Waals surface area contributed by atoms with E-state index in [1.807, 2.05) is 6.92 Å². The van der Waals surface area contributed by atoms with Gasteiger partial charge in [-0.3, -0.25) is 0 Å². The molecule has 0 amide bonds. The van der Waals surface area contributed by atoms with E-state index in [1.54, 1.807) is 0 Å². The lowest BCUT2D eigenvalue weighted by Crippen LogP contribution is -2.41. The van der Waals surface area contributed by atoms with E-state index in [9.17, 15) is 0 Å². The van der Waals surface area contributed by atoms with Crippen LogP contribution in [0.3, 0.4) is 0 Å². The molecule has 0 fully saturated rings. The summed E-state index contributed by atoms with van der Waals surface area (Å²) in [7, 11) is 4.18. The van der Waals surface area contributed by atoms with Crippen LogP contribution >= 0.6 is 11.6 Å². The molecule has 21 heavy (non-hydrogen) atoms. The molecule has 1 atom stereocenters. The van der Waals surface area contributed by atoms with Crippen LogP contribution in [0.5, 0.6) is 0 Å². The van der Waals surface area contributed by atoms with Crippen LogP contribution in [0.2, 0.25) is 5.15 Å². The highest BCUT2D eigenvalue weighted by molar-refractivity contribution is 6.30. The highest BCUT2D eigenvalue weighted by atomic mass is 35.5. The zero-order chi connectivity index (χ0) is 16.4. The van der Waals surface area contributed by atoms with Gasteiger partial charge in [0.1, 0.15) is 16.8 Å². The second-order valence-electron chi connectivity index (χ2n) is 6.93. The first kappa shape index (κ1) is 18.2. The van der Waals surface area contributed by atoms with E-state index in [4.69, 9.17) is 16.6 Å². The van der Waals surface area contributed by atoms with Crippen LogP contribution < -0.4 is 4.90 Å². The number of hydrogen-bond donors (Lipinski definition) is 0. The van der Waals surface area contributed by atoms with Crippen molar-refractivity contribution in [2.45, 2.75) is 53.0 Å². The normalized spacial score (nSPS) is 13.6. The van der Waals surface area contributed by atoms with Crippen molar-refractivity contribution in [2.75, 3.05) is 32.1 Å². The number of hydrogen-bond acceptors (Lipinski definition) is 4. The molecule has 4 nitrogen and oxygen atoms in total. The molecule has 5 heteroatoms. The predicted molar refractivity (Wildman–Crippen MR) is 91.5 cm³/mol. The van der Waals surface area contributed by atoms with Gasteiger partial charge < -0.3 is 9.80 Å². The molecule has 0 aliphatic heterocycles. The average molecular weight is 313 g/mol. The third-order valence-corrected chi connectivity index (χ3v) is 3.87. The van der Waals surface area contributed by atoms with Gasteiger partial charge >= 0.3 is 0 Å². The molecule has 1 aromatic heterocycles. The van der Waals surface area contributed by atoms with Crippen LogP contribution in [-0.4, -0.2) is 48.1 Å². The van der Waals surface area contributed by atoms with Crippen LogP contribution in [0.1, 0.15) is 46.0 Å². The monoisotopic (exact) mass is 312 g/mol. The first-order valence-corrected chi connectivity index (χ1v) is 7.91. The van der Waals surface area contributed by atoms with E-state index in [2.05, 4.69) is 63.5 Å². The van der Waals surface area contributed by atoms with Crippen LogP contribution in [0.4, 0.5) is 5.82 Å². The molecular weight excluding hydrogens is 284 g/mol. The lowest BCUT2D eigenvalue weighted by molar-refractivity contribution is 0.371. The van der Waals surface area contributed by atoms with Crippen molar-refractivity contribution >= 4 is 17.4 Å². The van der Waals surface area contributed by atoms with E-state index in [-0.39, 0.29) is 5.41 Å². The van der Waals surface area contributed by atoms with Gasteiger partial charge in [-0.25, -0.2) is 9.97 Å². The molecule has 0 aliphatic carbocycles. The molecule has 0 spiro atoms. The Morgan fingerprint density at radius 2 is 1.76 bits per heavy atom. The summed E-state index contributed by atoms with van der Waals surface area (Å²) in [6, 6.07) is 0.363. The van der Waals surface area contributed by atoms with Gasteiger partial charge in [0.05, 0.1) is 0 Å². The first-order chi connectivity index (χ1) is 9.57. The summed E-state index contributed by atoms with van der Waals surface area (Å²) in [5, 5.41) is 0.556. The third-order valence-electron chi connectivity index (χ3n) is 3.51. The quantitative estimate of drug-likeness (QED) is 0.779. The van der Waals surface area contributed by atoms with Gasteiger partial charge in [0.25, 0.3) is 0 Å². The maximum absolute atomic E-state index is 6.35. The van der Waals surface area contributed by atoms with Crippen molar-refractivity contribution in [3.05, 3.63) is 16.5 Å². The smallest absolute Gasteiger partial charge is 0.137 e. The molecule has 120 valence electrons. The number of nitrogens with zero attached hydrogens (tertiary/aromatic N) is 4. The van der Waals surface area contributed by atoms with Crippen molar-refractivity contribution in [3.8, 4) is 0 Å². The highest BCUT2D eigenvalue weighted by Gasteiger charge is 2.24. The van der Waals surface area contributed by atoms with Crippen LogP contribution in [0.25, 0.3) is 0 Å². The SMILES string of the molecule is CCN(c1nc(C(C)(C)C)nc(Cl)c1C)C(C)CN(C)C. The molecule has 1 rings (SSSR count). The minimum Gasteiger partial charge on any atom is -0.353 e. The Morgan fingerprint density at radius 3 is 2.19 bits per heavy atom. The van der Waals surface area contributed by atoms with Crippen molar-refractivity contribution in [1.29, 1.82) is 0 Å². The molecule has 1 aromatic rings. The molecule has 1 unspecified atom stereocenters. The van der Waals surface area contributed by atoms with Gasteiger partial charge in [-0.2, -0.15) is 0 Å². The molecule has 0 bridgehead atoms. The van der Waals surface area contributed by atoms with E-state index in [0.717, 1.165) is 30.3 Å². The topological polar surface area (TPSA) is 32.3 Å².